The summed E-state index contributed by atoms with van der Waals surface area (Å²) in [4.78, 5) is 16.7. The summed E-state index contributed by atoms with van der Waals surface area (Å²) in [6.07, 6.45) is 5.84. The molecule has 1 aromatic carbocycles. The average molecular weight is 319 g/mol. The van der Waals surface area contributed by atoms with E-state index in [1.807, 2.05) is 4.90 Å². The summed E-state index contributed by atoms with van der Waals surface area (Å²) in [5, 5.41) is 0. The lowest BCUT2D eigenvalue weighted by molar-refractivity contribution is -0.134. The molecule has 0 aromatic heterocycles. The van der Waals surface area contributed by atoms with E-state index in [1.165, 1.54) is 31.4 Å². The first-order chi connectivity index (χ1) is 11.1. The van der Waals surface area contributed by atoms with Crippen molar-refractivity contribution in [2.45, 2.75) is 38.1 Å². The highest BCUT2D eigenvalue weighted by Crippen LogP contribution is 2.27. The lowest BCUT2D eigenvalue weighted by Crippen LogP contribution is -2.55. The number of halogens is 1. The van der Waals surface area contributed by atoms with E-state index in [-0.39, 0.29) is 17.8 Å². The Morgan fingerprint density at radius 3 is 2.26 bits per heavy atom. The zero-order valence-electron chi connectivity index (χ0n) is 13.6. The number of carbonyl (C=O) groups excluding carboxylic acids is 1. The third-order valence-electron chi connectivity index (χ3n) is 5.23. The van der Waals surface area contributed by atoms with Gasteiger partial charge >= 0.3 is 0 Å². The molecule has 126 valence electrons. The molecule has 5 heteroatoms. The van der Waals surface area contributed by atoms with Crippen molar-refractivity contribution in [3.05, 3.63) is 30.1 Å². The first-order valence-corrected chi connectivity index (χ1v) is 8.70. The second kappa shape index (κ2) is 7.30. The van der Waals surface area contributed by atoms with E-state index in [2.05, 4.69) is 4.90 Å². The van der Waals surface area contributed by atoms with Crippen LogP contribution in [0.5, 0.6) is 0 Å². The van der Waals surface area contributed by atoms with E-state index in [0.29, 0.717) is 19.0 Å². The van der Waals surface area contributed by atoms with Crippen molar-refractivity contribution >= 4 is 11.6 Å². The predicted octanol–water partition coefficient (Wildman–Crippen LogP) is 2.38. The number of piperazine rings is 1. The van der Waals surface area contributed by atoms with Crippen LogP contribution < -0.4 is 10.6 Å². The summed E-state index contributed by atoms with van der Waals surface area (Å²) in [6, 6.07) is 6.20. The molecule has 3 rings (SSSR count). The molecule has 4 nitrogen and oxygen atoms in total. The third kappa shape index (κ3) is 3.83. The van der Waals surface area contributed by atoms with Crippen molar-refractivity contribution in [1.29, 1.82) is 0 Å². The van der Waals surface area contributed by atoms with E-state index >= 15 is 0 Å². The Bertz CT molecular complexity index is 520. The summed E-state index contributed by atoms with van der Waals surface area (Å²) in [6.45, 7) is 2.93. The van der Waals surface area contributed by atoms with Gasteiger partial charge in [0.15, 0.2) is 0 Å². The van der Waals surface area contributed by atoms with Gasteiger partial charge in [0.1, 0.15) is 5.82 Å². The van der Waals surface area contributed by atoms with Crippen LogP contribution in [-0.4, -0.2) is 43.0 Å². The Balaban J connectivity index is 1.53. The van der Waals surface area contributed by atoms with Crippen molar-refractivity contribution in [2.24, 2.45) is 11.7 Å². The monoisotopic (exact) mass is 319 g/mol. The highest BCUT2D eigenvalue weighted by Gasteiger charge is 2.31. The number of amides is 1. The molecule has 2 aliphatic rings. The summed E-state index contributed by atoms with van der Waals surface area (Å²) in [5.74, 6) is 0.239. The summed E-state index contributed by atoms with van der Waals surface area (Å²) in [5.41, 5.74) is 7.25. The SMILES string of the molecule is NC(C(=O)N1CCN(c2ccc(F)cc2)CC1)C1CCCCC1. The summed E-state index contributed by atoms with van der Waals surface area (Å²) < 4.78 is 13.0. The maximum Gasteiger partial charge on any atom is 0.239 e. The molecule has 1 heterocycles. The standard InChI is InChI=1S/C18H26FN3O/c19-15-6-8-16(9-7-15)21-10-12-22(13-11-21)18(23)17(20)14-4-2-1-3-5-14/h6-9,14,17H,1-5,10-13,20H2. The lowest BCUT2D eigenvalue weighted by atomic mass is 9.83. The zero-order valence-corrected chi connectivity index (χ0v) is 13.6. The van der Waals surface area contributed by atoms with Crippen LogP contribution in [0.1, 0.15) is 32.1 Å². The van der Waals surface area contributed by atoms with Crippen LogP contribution in [0.2, 0.25) is 0 Å². The lowest BCUT2D eigenvalue weighted by Gasteiger charge is -2.38. The largest absolute Gasteiger partial charge is 0.368 e. The van der Waals surface area contributed by atoms with Crippen LogP contribution in [0.15, 0.2) is 24.3 Å². The molecule has 1 amide bonds. The minimum Gasteiger partial charge on any atom is -0.368 e. The predicted molar refractivity (Wildman–Crippen MR) is 89.7 cm³/mol. The first kappa shape index (κ1) is 16.2. The molecular weight excluding hydrogens is 293 g/mol. The second-order valence-electron chi connectivity index (χ2n) is 6.71. The van der Waals surface area contributed by atoms with Gasteiger partial charge in [0, 0.05) is 31.9 Å². The normalized spacial score (nSPS) is 21.3. The van der Waals surface area contributed by atoms with Gasteiger partial charge in [0.05, 0.1) is 6.04 Å². The molecule has 0 bridgehead atoms. The van der Waals surface area contributed by atoms with Crippen molar-refractivity contribution in [1.82, 2.24) is 4.90 Å². The Labute approximate surface area is 137 Å². The van der Waals surface area contributed by atoms with E-state index in [1.54, 1.807) is 12.1 Å². The number of nitrogens with zero attached hydrogens (tertiary/aromatic N) is 2. The molecule has 1 aliphatic heterocycles. The molecular formula is C18H26FN3O. The molecule has 2 N–H and O–H groups in total. The van der Waals surface area contributed by atoms with Crippen molar-refractivity contribution in [3.8, 4) is 0 Å². The average Bonchev–Trinajstić information content (AvgIpc) is 2.62. The Morgan fingerprint density at radius 2 is 1.65 bits per heavy atom. The van der Waals surface area contributed by atoms with Crippen LogP contribution >= 0.6 is 0 Å². The van der Waals surface area contributed by atoms with Gasteiger partial charge in [-0.2, -0.15) is 0 Å². The van der Waals surface area contributed by atoms with E-state index in [0.717, 1.165) is 31.6 Å². The van der Waals surface area contributed by atoms with Crippen LogP contribution in [0.3, 0.4) is 0 Å². The Hall–Kier alpha value is -1.62. The van der Waals surface area contributed by atoms with Crippen LogP contribution in [-0.2, 0) is 4.79 Å². The Morgan fingerprint density at radius 1 is 1.04 bits per heavy atom. The number of anilines is 1. The fraction of sp³-hybridized carbons (Fsp3) is 0.611. The van der Waals surface area contributed by atoms with Crippen molar-refractivity contribution in [2.75, 3.05) is 31.1 Å². The maximum atomic E-state index is 13.0. The summed E-state index contributed by atoms with van der Waals surface area (Å²) >= 11 is 0. The molecule has 2 fully saturated rings. The van der Waals surface area contributed by atoms with Gasteiger partial charge in [-0.3, -0.25) is 4.79 Å². The van der Waals surface area contributed by atoms with Crippen LogP contribution in [0.25, 0.3) is 0 Å². The second-order valence-corrected chi connectivity index (χ2v) is 6.71. The summed E-state index contributed by atoms with van der Waals surface area (Å²) in [7, 11) is 0. The van der Waals surface area contributed by atoms with Gasteiger partial charge in [-0.05, 0) is 43.0 Å². The van der Waals surface area contributed by atoms with Gasteiger partial charge in [0.2, 0.25) is 5.91 Å². The molecule has 1 saturated heterocycles. The fourth-order valence-electron chi connectivity index (χ4n) is 3.74. The van der Waals surface area contributed by atoms with Crippen LogP contribution in [0, 0.1) is 11.7 Å². The van der Waals surface area contributed by atoms with Crippen molar-refractivity contribution < 1.29 is 9.18 Å². The topological polar surface area (TPSA) is 49.6 Å². The van der Waals surface area contributed by atoms with Crippen molar-refractivity contribution in [3.63, 3.8) is 0 Å². The first-order valence-electron chi connectivity index (χ1n) is 8.70. The molecule has 1 saturated carbocycles. The van der Waals surface area contributed by atoms with Gasteiger partial charge in [-0.15, -0.1) is 0 Å². The third-order valence-corrected chi connectivity index (χ3v) is 5.23. The minimum absolute atomic E-state index is 0.107. The highest BCUT2D eigenvalue weighted by molar-refractivity contribution is 5.82. The number of nitrogens with two attached hydrogens (primary N) is 1. The van der Waals surface area contributed by atoms with E-state index in [4.69, 9.17) is 5.73 Å². The van der Waals surface area contributed by atoms with Gasteiger partial charge < -0.3 is 15.5 Å². The van der Waals surface area contributed by atoms with Gasteiger partial charge in [-0.25, -0.2) is 4.39 Å². The number of carbonyl (C=O) groups is 1. The van der Waals surface area contributed by atoms with Gasteiger partial charge in [0.25, 0.3) is 0 Å². The fourth-order valence-corrected chi connectivity index (χ4v) is 3.74. The number of rotatable bonds is 3. The number of hydrogen-bond donors (Lipinski definition) is 1. The smallest absolute Gasteiger partial charge is 0.239 e. The van der Waals surface area contributed by atoms with Crippen LogP contribution in [0.4, 0.5) is 10.1 Å². The molecule has 1 aromatic rings. The molecule has 0 spiro atoms. The quantitative estimate of drug-likeness (QED) is 0.930. The molecule has 1 unspecified atom stereocenters. The maximum absolute atomic E-state index is 13.0. The molecule has 1 atom stereocenters. The highest BCUT2D eigenvalue weighted by atomic mass is 19.1. The van der Waals surface area contributed by atoms with Gasteiger partial charge in [-0.1, -0.05) is 19.3 Å². The number of hydrogen-bond acceptors (Lipinski definition) is 3. The minimum atomic E-state index is -0.340. The Kier molecular flexibility index (Phi) is 5.16. The van der Waals surface area contributed by atoms with E-state index in [9.17, 15) is 9.18 Å². The molecule has 1 aliphatic carbocycles. The number of benzene rings is 1. The zero-order chi connectivity index (χ0) is 16.2. The molecule has 0 radical (unpaired) electrons. The molecule has 23 heavy (non-hydrogen) atoms. The van der Waals surface area contributed by atoms with E-state index < -0.39 is 0 Å².